The molecule has 0 bridgehead atoms. The molecule has 3 rings (SSSR count). The maximum atomic E-state index is 12.4. The summed E-state index contributed by atoms with van der Waals surface area (Å²) in [5.41, 5.74) is 7.84. The van der Waals surface area contributed by atoms with Crippen LogP contribution in [0.15, 0.2) is 34.1 Å². The van der Waals surface area contributed by atoms with Crippen molar-refractivity contribution in [1.82, 2.24) is 5.32 Å². The predicted octanol–water partition coefficient (Wildman–Crippen LogP) is 4.55. The third kappa shape index (κ3) is 2.71. The molecule has 1 aromatic carbocycles. The number of carbonyl (C=O) groups excluding carboxylic acids is 1. The van der Waals surface area contributed by atoms with E-state index in [0.717, 1.165) is 25.0 Å². The number of halogens is 1. The molecule has 0 atom stereocenters. The molecule has 0 fully saturated rings. The molecular formula is C15H13BrN2OS2. The van der Waals surface area contributed by atoms with Crippen LogP contribution in [0.5, 0.6) is 0 Å². The number of aryl methyl sites for hydroxylation is 1. The van der Waals surface area contributed by atoms with E-state index in [0.29, 0.717) is 17.1 Å². The van der Waals surface area contributed by atoms with Crippen molar-refractivity contribution < 1.29 is 4.79 Å². The maximum absolute atomic E-state index is 12.4. The number of carbonyl (C=O) groups is 1. The highest BCUT2D eigenvalue weighted by Crippen LogP contribution is 2.35. The van der Waals surface area contributed by atoms with Gasteiger partial charge in [-0.1, -0.05) is 18.2 Å². The van der Waals surface area contributed by atoms with Crippen molar-refractivity contribution in [3.05, 3.63) is 49.4 Å². The Morgan fingerprint density at radius 1 is 1.38 bits per heavy atom. The van der Waals surface area contributed by atoms with Crippen LogP contribution in [-0.4, -0.2) is 5.91 Å². The first kappa shape index (κ1) is 14.6. The topological polar surface area (TPSA) is 55.1 Å². The van der Waals surface area contributed by atoms with Gasteiger partial charge in [0.1, 0.15) is 4.88 Å². The van der Waals surface area contributed by atoms with Crippen molar-refractivity contribution in [1.29, 1.82) is 0 Å². The molecule has 6 heteroatoms. The zero-order valence-electron chi connectivity index (χ0n) is 11.3. The number of anilines is 1. The van der Waals surface area contributed by atoms with E-state index >= 15 is 0 Å². The maximum Gasteiger partial charge on any atom is 0.263 e. The van der Waals surface area contributed by atoms with Crippen molar-refractivity contribution in [3.63, 3.8) is 0 Å². The average molecular weight is 381 g/mol. The first-order valence-electron chi connectivity index (χ1n) is 6.35. The lowest BCUT2D eigenvalue weighted by Gasteiger charge is -2.03. The van der Waals surface area contributed by atoms with E-state index in [9.17, 15) is 4.79 Å². The number of amides is 1. The van der Waals surface area contributed by atoms with Gasteiger partial charge in [0.2, 0.25) is 0 Å². The standard InChI is InChI=1S/C15H13BrN2OS2/c1-8-3-2-4-9-12(17)14(21-13(8)9)15(19)18-7-11-10(16)5-6-20-11/h2-6H,7,17H2,1H3,(H,18,19). The van der Waals surface area contributed by atoms with Gasteiger partial charge in [0.15, 0.2) is 0 Å². The number of rotatable bonds is 3. The second kappa shape index (κ2) is 5.79. The fourth-order valence-electron chi connectivity index (χ4n) is 2.14. The molecule has 0 spiro atoms. The normalized spacial score (nSPS) is 11.0. The Morgan fingerprint density at radius 3 is 2.86 bits per heavy atom. The highest BCUT2D eigenvalue weighted by atomic mass is 79.9. The molecule has 0 aliphatic heterocycles. The summed E-state index contributed by atoms with van der Waals surface area (Å²) in [7, 11) is 0. The van der Waals surface area contributed by atoms with Crippen LogP contribution in [-0.2, 0) is 6.54 Å². The predicted molar refractivity (Wildman–Crippen MR) is 94.2 cm³/mol. The van der Waals surface area contributed by atoms with Crippen molar-refractivity contribution in [2.75, 3.05) is 5.73 Å². The molecule has 0 aliphatic carbocycles. The summed E-state index contributed by atoms with van der Waals surface area (Å²) in [6.45, 7) is 2.53. The third-order valence-electron chi connectivity index (χ3n) is 3.26. The Kier molecular flexibility index (Phi) is 4.01. The van der Waals surface area contributed by atoms with Crippen molar-refractivity contribution >= 4 is 60.3 Å². The van der Waals surface area contributed by atoms with Gasteiger partial charge < -0.3 is 11.1 Å². The summed E-state index contributed by atoms with van der Waals surface area (Å²) in [5, 5.41) is 5.88. The lowest BCUT2D eigenvalue weighted by atomic mass is 10.1. The molecule has 0 saturated heterocycles. The number of nitrogens with two attached hydrogens (primary N) is 1. The largest absolute Gasteiger partial charge is 0.397 e. The van der Waals surface area contributed by atoms with Crippen LogP contribution in [0.3, 0.4) is 0 Å². The minimum absolute atomic E-state index is 0.117. The fraction of sp³-hybridized carbons (Fsp3) is 0.133. The van der Waals surface area contributed by atoms with Crippen LogP contribution < -0.4 is 11.1 Å². The average Bonchev–Trinajstić information content (AvgIpc) is 3.02. The van der Waals surface area contributed by atoms with Crippen molar-refractivity contribution in [2.45, 2.75) is 13.5 Å². The van der Waals surface area contributed by atoms with E-state index < -0.39 is 0 Å². The summed E-state index contributed by atoms with van der Waals surface area (Å²) >= 11 is 6.53. The van der Waals surface area contributed by atoms with E-state index in [2.05, 4.69) is 21.2 Å². The molecule has 0 unspecified atom stereocenters. The van der Waals surface area contributed by atoms with E-state index in [1.54, 1.807) is 11.3 Å². The molecular weight excluding hydrogens is 368 g/mol. The molecule has 3 aromatic rings. The molecule has 1 amide bonds. The van der Waals surface area contributed by atoms with Gasteiger partial charge in [-0.3, -0.25) is 4.79 Å². The number of thiophene rings is 2. The Hall–Kier alpha value is -1.37. The molecule has 0 saturated carbocycles. The van der Waals surface area contributed by atoms with E-state index in [1.807, 2.05) is 36.6 Å². The summed E-state index contributed by atoms with van der Waals surface area (Å²) < 4.78 is 2.10. The quantitative estimate of drug-likeness (QED) is 0.700. The smallest absolute Gasteiger partial charge is 0.263 e. The number of fused-ring (bicyclic) bond motifs is 1. The molecule has 108 valence electrons. The zero-order valence-corrected chi connectivity index (χ0v) is 14.5. The number of nitrogen functional groups attached to an aromatic ring is 1. The minimum atomic E-state index is -0.117. The monoisotopic (exact) mass is 380 g/mol. The molecule has 0 radical (unpaired) electrons. The van der Waals surface area contributed by atoms with Gasteiger partial charge in [-0.25, -0.2) is 0 Å². The summed E-state index contributed by atoms with van der Waals surface area (Å²) in [6.07, 6.45) is 0. The molecule has 2 aromatic heterocycles. The number of benzene rings is 1. The Balaban J connectivity index is 1.86. The first-order chi connectivity index (χ1) is 10.1. The Bertz CT molecular complexity index is 822. The van der Waals surface area contributed by atoms with Crippen molar-refractivity contribution in [3.8, 4) is 0 Å². The summed E-state index contributed by atoms with van der Waals surface area (Å²) in [5.74, 6) is -0.117. The molecule has 21 heavy (non-hydrogen) atoms. The fourth-order valence-corrected chi connectivity index (χ4v) is 4.68. The molecule has 2 heterocycles. The molecule has 3 N–H and O–H groups in total. The Morgan fingerprint density at radius 2 is 2.19 bits per heavy atom. The van der Waals surface area contributed by atoms with Crippen LogP contribution >= 0.6 is 38.6 Å². The van der Waals surface area contributed by atoms with E-state index in [1.165, 1.54) is 11.3 Å². The van der Waals surface area contributed by atoms with Crippen LogP contribution in [0.2, 0.25) is 0 Å². The highest BCUT2D eigenvalue weighted by molar-refractivity contribution is 9.10. The van der Waals surface area contributed by atoms with Crippen LogP contribution in [0.4, 0.5) is 5.69 Å². The number of hydrogen-bond donors (Lipinski definition) is 2. The molecule has 0 aliphatic rings. The van der Waals surface area contributed by atoms with E-state index in [-0.39, 0.29) is 5.91 Å². The van der Waals surface area contributed by atoms with Crippen LogP contribution in [0, 0.1) is 6.92 Å². The second-order valence-corrected chi connectivity index (χ2v) is 7.55. The summed E-state index contributed by atoms with van der Waals surface area (Å²) in [4.78, 5) is 14.0. The van der Waals surface area contributed by atoms with Gasteiger partial charge >= 0.3 is 0 Å². The van der Waals surface area contributed by atoms with Gasteiger partial charge in [0.25, 0.3) is 5.91 Å². The SMILES string of the molecule is Cc1cccc2c(N)c(C(=O)NCc3sccc3Br)sc12. The number of hydrogen-bond acceptors (Lipinski definition) is 4. The highest BCUT2D eigenvalue weighted by Gasteiger charge is 2.17. The van der Waals surface area contributed by atoms with Gasteiger partial charge in [-0.05, 0) is 39.9 Å². The third-order valence-corrected chi connectivity index (χ3v) is 6.54. The lowest BCUT2D eigenvalue weighted by molar-refractivity contribution is 0.0956. The van der Waals surface area contributed by atoms with Gasteiger partial charge in [-0.15, -0.1) is 22.7 Å². The van der Waals surface area contributed by atoms with Crippen LogP contribution in [0.25, 0.3) is 10.1 Å². The first-order valence-corrected chi connectivity index (χ1v) is 8.84. The van der Waals surface area contributed by atoms with Gasteiger partial charge in [0, 0.05) is 19.4 Å². The van der Waals surface area contributed by atoms with Crippen LogP contribution in [0.1, 0.15) is 20.1 Å². The number of nitrogens with one attached hydrogen (secondary N) is 1. The minimum Gasteiger partial charge on any atom is -0.397 e. The second-order valence-electron chi connectivity index (χ2n) is 4.67. The van der Waals surface area contributed by atoms with Gasteiger partial charge in [0.05, 0.1) is 12.2 Å². The summed E-state index contributed by atoms with van der Waals surface area (Å²) in [6, 6.07) is 7.93. The Labute approximate surface area is 138 Å². The van der Waals surface area contributed by atoms with Crippen molar-refractivity contribution in [2.24, 2.45) is 0 Å². The van der Waals surface area contributed by atoms with Gasteiger partial charge in [-0.2, -0.15) is 0 Å². The van der Waals surface area contributed by atoms with E-state index in [4.69, 9.17) is 5.73 Å². The zero-order chi connectivity index (χ0) is 15.0. The molecule has 3 nitrogen and oxygen atoms in total. The lowest BCUT2D eigenvalue weighted by Crippen LogP contribution is -2.22.